The first-order valence-corrected chi connectivity index (χ1v) is 5.14. The second kappa shape index (κ2) is 5.26. The van der Waals surface area contributed by atoms with E-state index in [9.17, 15) is 19.3 Å². The van der Waals surface area contributed by atoms with Crippen LogP contribution in [0.1, 0.15) is 10.5 Å². The minimum Gasteiger partial charge on any atom is -0.476 e. The summed E-state index contributed by atoms with van der Waals surface area (Å²) >= 11 is 0. The Hall–Kier alpha value is -3.10. The van der Waals surface area contributed by atoms with Gasteiger partial charge < -0.3 is 9.84 Å². The van der Waals surface area contributed by atoms with Crippen LogP contribution in [0.2, 0.25) is 0 Å². The van der Waals surface area contributed by atoms with Gasteiger partial charge in [-0.05, 0) is 6.07 Å². The molecule has 20 heavy (non-hydrogen) atoms. The van der Waals surface area contributed by atoms with E-state index in [0.717, 1.165) is 30.6 Å². The molecule has 0 spiro atoms. The SMILES string of the molecule is O=C(O)c1cnc(Oc2cc(F)ccc2[N+](=O)[O-])cn1. The summed E-state index contributed by atoms with van der Waals surface area (Å²) in [5.41, 5.74) is -0.762. The predicted molar refractivity (Wildman–Crippen MR) is 62.1 cm³/mol. The number of carboxylic acids is 1. The average Bonchev–Trinajstić information content (AvgIpc) is 2.39. The van der Waals surface area contributed by atoms with Gasteiger partial charge in [0.1, 0.15) is 5.82 Å². The van der Waals surface area contributed by atoms with Crippen molar-refractivity contribution in [2.45, 2.75) is 0 Å². The summed E-state index contributed by atoms with van der Waals surface area (Å²) in [4.78, 5) is 27.7. The number of hydrogen-bond donors (Lipinski definition) is 1. The Kier molecular flexibility index (Phi) is 3.51. The molecule has 0 fully saturated rings. The Bertz CT molecular complexity index is 674. The molecule has 8 nitrogen and oxygen atoms in total. The first-order chi connectivity index (χ1) is 9.47. The van der Waals surface area contributed by atoms with Crippen LogP contribution >= 0.6 is 0 Å². The zero-order valence-corrected chi connectivity index (χ0v) is 9.69. The van der Waals surface area contributed by atoms with Crippen LogP contribution in [-0.2, 0) is 0 Å². The molecule has 1 N–H and O–H groups in total. The number of carbonyl (C=O) groups is 1. The van der Waals surface area contributed by atoms with Crippen molar-refractivity contribution in [2.24, 2.45) is 0 Å². The highest BCUT2D eigenvalue weighted by atomic mass is 19.1. The van der Waals surface area contributed by atoms with Gasteiger partial charge in [-0.3, -0.25) is 10.1 Å². The molecule has 1 heterocycles. The molecule has 0 aliphatic heterocycles. The number of carboxylic acid groups (broad SMARTS) is 1. The van der Waals surface area contributed by atoms with Crippen molar-refractivity contribution < 1.29 is 24.0 Å². The quantitative estimate of drug-likeness (QED) is 0.672. The number of nitro benzene ring substituents is 1. The highest BCUT2D eigenvalue weighted by Gasteiger charge is 2.17. The van der Waals surface area contributed by atoms with Crippen LogP contribution in [0.4, 0.5) is 10.1 Å². The van der Waals surface area contributed by atoms with E-state index in [-0.39, 0.29) is 17.3 Å². The molecular formula is C11H6FN3O5. The number of nitro groups is 1. The van der Waals surface area contributed by atoms with E-state index in [2.05, 4.69) is 9.97 Å². The van der Waals surface area contributed by atoms with E-state index < -0.39 is 22.4 Å². The number of nitrogens with zero attached hydrogens (tertiary/aromatic N) is 3. The zero-order chi connectivity index (χ0) is 14.7. The lowest BCUT2D eigenvalue weighted by Gasteiger charge is -2.05. The van der Waals surface area contributed by atoms with E-state index in [1.807, 2.05) is 0 Å². The number of aromatic nitrogens is 2. The van der Waals surface area contributed by atoms with Gasteiger partial charge in [-0.15, -0.1) is 0 Å². The van der Waals surface area contributed by atoms with Crippen molar-refractivity contribution in [3.05, 3.63) is 52.2 Å². The monoisotopic (exact) mass is 279 g/mol. The van der Waals surface area contributed by atoms with Crippen molar-refractivity contribution in [1.82, 2.24) is 9.97 Å². The van der Waals surface area contributed by atoms with E-state index in [0.29, 0.717) is 0 Å². The third-order valence-corrected chi connectivity index (χ3v) is 2.18. The van der Waals surface area contributed by atoms with Crippen molar-refractivity contribution >= 4 is 11.7 Å². The van der Waals surface area contributed by atoms with Crippen LogP contribution in [0.5, 0.6) is 11.6 Å². The number of hydrogen-bond acceptors (Lipinski definition) is 6. The van der Waals surface area contributed by atoms with Crippen molar-refractivity contribution in [3.63, 3.8) is 0 Å². The number of aromatic carboxylic acids is 1. The maximum absolute atomic E-state index is 13.1. The molecule has 102 valence electrons. The second-order valence-electron chi connectivity index (χ2n) is 3.52. The molecule has 1 aromatic heterocycles. The van der Waals surface area contributed by atoms with E-state index in [1.165, 1.54) is 0 Å². The Balaban J connectivity index is 2.31. The minimum absolute atomic E-state index is 0.191. The molecule has 9 heteroatoms. The molecule has 0 atom stereocenters. The van der Waals surface area contributed by atoms with Gasteiger partial charge in [0.25, 0.3) is 0 Å². The number of benzene rings is 1. The highest BCUT2D eigenvalue weighted by Crippen LogP contribution is 2.30. The summed E-state index contributed by atoms with van der Waals surface area (Å²) in [6.07, 6.45) is 1.89. The summed E-state index contributed by atoms with van der Waals surface area (Å²) in [5, 5.41) is 19.4. The molecule has 0 aliphatic carbocycles. The topological polar surface area (TPSA) is 115 Å². The van der Waals surface area contributed by atoms with Crippen molar-refractivity contribution in [2.75, 3.05) is 0 Å². The van der Waals surface area contributed by atoms with Crippen LogP contribution in [0.3, 0.4) is 0 Å². The number of halogens is 1. The predicted octanol–water partition coefficient (Wildman–Crippen LogP) is 2.01. The van der Waals surface area contributed by atoms with Crippen LogP contribution in [-0.4, -0.2) is 26.0 Å². The Morgan fingerprint density at radius 2 is 2.10 bits per heavy atom. The summed E-state index contributed by atoms with van der Waals surface area (Å²) in [6.45, 7) is 0. The molecule has 0 saturated heterocycles. The van der Waals surface area contributed by atoms with Crippen LogP contribution in [0, 0.1) is 15.9 Å². The lowest BCUT2D eigenvalue weighted by atomic mass is 10.3. The van der Waals surface area contributed by atoms with Crippen molar-refractivity contribution in [1.29, 1.82) is 0 Å². The fourth-order valence-electron chi connectivity index (χ4n) is 1.31. The largest absolute Gasteiger partial charge is 0.476 e. The van der Waals surface area contributed by atoms with Crippen LogP contribution < -0.4 is 4.74 Å². The molecule has 0 saturated carbocycles. The fourth-order valence-corrected chi connectivity index (χ4v) is 1.31. The van der Waals surface area contributed by atoms with Gasteiger partial charge in [-0.25, -0.2) is 19.2 Å². The smallest absolute Gasteiger partial charge is 0.356 e. The van der Waals surface area contributed by atoms with Crippen molar-refractivity contribution in [3.8, 4) is 11.6 Å². The molecule has 2 aromatic rings. The molecule has 1 aromatic carbocycles. The Labute approximate surface area is 110 Å². The second-order valence-corrected chi connectivity index (χ2v) is 3.52. The lowest BCUT2D eigenvalue weighted by molar-refractivity contribution is -0.385. The molecule has 0 amide bonds. The summed E-state index contributed by atoms with van der Waals surface area (Å²) in [7, 11) is 0. The van der Waals surface area contributed by atoms with E-state index >= 15 is 0 Å². The van der Waals surface area contributed by atoms with Gasteiger partial charge in [0.15, 0.2) is 5.69 Å². The Morgan fingerprint density at radius 1 is 1.35 bits per heavy atom. The zero-order valence-electron chi connectivity index (χ0n) is 9.69. The summed E-state index contributed by atoms with van der Waals surface area (Å²) < 4.78 is 18.1. The van der Waals surface area contributed by atoms with Gasteiger partial charge >= 0.3 is 11.7 Å². The maximum Gasteiger partial charge on any atom is 0.356 e. The van der Waals surface area contributed by atoms with E-state index in [4.69, 9.17) is 9.84 Å². The third-order valence-electron chi connectivity index (χ3n) is 2.18. The first kappa shape index (κ1) is 13.3. The number of ether oxygens (including phenoxy) is 1. The van der Waals surface area contributed by atoms with Gasteiger partial charge in [-0.1, -0.05) is 0 Å². The molecule has 0 bridgehead atoms. The normalized spacial score (nSPS) is 10.1. The standard InChI is InChI=1S/C11H6FN3O5/c12-6-1-2-8(15(18)19)9(3-6)20-10-5-13-7(4-14-10)11(16)17/h1-5H,(H,16,17). The van der Waals surface area contributed by atoms with E-state index in [1.54, 1.807) is 0 Å². The highest BCUT2D eigenvalue weighted by molar-refractivity contribution is 5.84. The molecule has 0 unspecified atom stereocenters. The fraction of sp³-hybridized carbons (Fsp3) is 0. The van der Waals surface area contributed by atoms with Gasteiger partial charge in [0, 0.05) is 12.1 Å². The molecule has 0 radical (unpaired) electrons. The average molecular weight is 279 g/mol. The number of rotatable bonds is 4. The first-order valence-electron chi connectivity index (χ1n) is 5.14. The lowest BCUT2D eigenvalue weighted by Crippen LogP contribution is -2.02. The maximum atomic E-state index is 13.1. The van der Waals surface area contributed by atoms with Crippen LogP contribution in [0.25, 0.3) is 0 Å². The minimum atomic E-state index is -1.28. The van der Waals surface area contributed by atoms with Gasteiger partial charge in [0.2, 0.25) is 11.6 Å². The van der Waals surface area contributed by atoms with Crippen LogP contribution in [0.15, 0.2) is 30.6 Å². The molecular weight excluding hydrogens is 273 g/mol. The third kappa shape index (κ3) is 2.83. The summed E-state index contributed by atoms with van der Waals surface area (Å²) in [5.74, 6) is -2.54. The molecule has 0 aliphatic rings. The van der Waals surface area contributed by atoms with Gasteiger partial charge in [0.05, 0.1) is 17.3 Å². The Morgan fingerprint density at radius 3 is 2.65 bits per heavy atom. The van der Waals surface area contributed by atoms with Gasteiger partial charge in [-0.2, -0.15) is 0 Å². The molecule has 2 rings (SSSR count). The summed E-state index contributed by atoms with van der Waals surface area (Å²) in [6, 6.07) is 2.69.